The molecule has 0 aromatic heterocycles. The van der Waals surface area contributed by atoms with Crippen molar-refractivity contribution in [3.63, 3.8) is 0 Å². The van der Waals surface area contributed by atoms with Gasteiger partial charge in [0.05, 0.1) is 20.6 Å². The van der Waals surface area contributed by atoms with Gasteiger partial charge >= 0.3 is 0 Å². The molecule has 0 aliphatic heterocycles. The van der Waals surface area contributed by atoms with E-state index in [4.69, 9.17) is 13.2 Å². The maximum Gasteiger partial charge on any atom is 0.219 e. The van der Waals surface area contributed by atoms with Crippen molar-refractivity contribution < 1.29 is 31.6 Å². The van der Waals surface area contributed by atoms with Gasteiger partial charge in [-0.1, -0.05) is 174 Å². The number of nitrogens with one attached hydrogen (secondary N) is 3. The molecule has 0 saturated heterocycles. The van der Waals surface area contributed by atoms with Crippen LogP contribution in [-0.4, -0.2) is 105 Å². The third-order valence-corrected chi connectivity index (χ3v) is 12.3. The number of allylic oxidation sites excluding steroid dienone is 2. The zero-order valence-corrected chi connectivity index (χ0v) is 56.3. The van der Waals surface area contributed by atoms with Gasteiger partial charge in [-0.2, -0.15) is 0 Å². The van der Waals surface area contributed by atoms with Crippen molar-refractivity contribution in [3.05, 3.63) is 25.3 Å². The number of amides is 2. The maximum absolute atomic E-state index is 12.5. The number of quaternary nitrogens is 1. The second-order valence-corrected chi connectivity index (χ2v) is 19.0. The predicted molar refractivity (Wildman–Crippen MR) is 264 cm³/mol. The van der Waals surface area contributed by atoms with E-state index < -0.39 is 6.10 Å². The maximum atomic E-state index is 12.5. The molecule has 0 rings (SSSR count). The van der Waals surface area contributed by atoms with Crippen molar-refractivity contribution in [2.75, 3.05) is 73.0 Å². The Morgan fingerprint density at radius 3 is 1.36 bits per heavy atom. The topological polar surface area (TPSA) is 93.7 Å². The normalized spacial score (nSPS) is 11.6. The molecule has 0 aliphatic rings. The van der Waals surface area contributed by atoms with Gasteiger partial charge in [-0.3, -0.25) is 26.6 Å². The Labute approximate surface area is 392 Å². The molecule has 0 spiro atoms. The van der Waals surface area contributed by atoms with Crippen molar-refractivity contribution in [2.24, 2.45) is 0 Å². The number of aliphatic hydroxyl groups excluding tert-OH is 1. The van der Waals surface area contributed by atoms with E-state index in [0.29, 0.717) is 32.5 Å². The van der Waals surface area contributed by atoms with Crippen LogP contribution in [-0.2, 0) is 9.59 Å². The molecule has 0 bridgehead atoms. The van der Waals surface area contributed by atoms with Crippen LogP contribution >= 0.6 is 0 Å². The van der Waals surface area contributed by atoms with Crippen LogP contribution in [0.15, 0.2) is 12.2 Å². The standard InChI is InChI=1S/C53H104N5O3.ClH.2Rf/c1-6-9-12-15-18-21-22-23-24-25-26-27-28-31-34-37-48-58(4,5)50-51(59)49-57(46-39-44-56-53(61)41-36-33-30-20-17-14-11-8-3)47-45-54-42-38-43-55-52(60)40-35-32-29-19-16-13-10-7-2;;;/h2-3,7-8,51,54,59H,6,9-50H2,1,4-5H3,(H,55,60)(H,56,61);1H;;/q-1;;;/p-1. The minimum Gasteiger partial charge on any atom is -1.00 e. The van der Waals surface area contributed by atoms with Gasteiger partial charge in [0.25, 0.3) is 0 Å². The van der Waals surface area contributed by atoms with E-state index >= 15 is 0 Å². The molecule has 64 heavy (non-hydrogen) atoms. The van der Waals surface area contributed by atoms with Crippen molar-refractivity contribution in [1.29, 1.82) is 0 Å². The first-order valence-corrected chi connectivity index (χ1v) is 26.3. The van der Waals surface area contributed by atoms with E-state index in [1.807, 2.05) is 0 Å². The first kappa shape index (κ1) is 67.1. The first-order valence-electron chi connectivity index (χ1n) is 26.3. The van der Waals surface area contributed by atoms with Crippen LogP contribution in [0.5, 0.6) is 0 Å². The number of unbranched alkanes of at least 4 members (excludes halogenated alkanes) is 27. The number of likely N-dealkylation sites (N-methyl/N-ethyl adjacent to an activating group) is 1. The molecular weight excluding hydrogens is 1320 g/mol. The summed E-state index contributed by atoms with van der Waals surface area (Å²) in [5, 5.41) is 21.1. The smallest absolute Gasteiger partial charge is 0.219 e. The Balaban J connectivity index is -0.00000600. The van der Waals surface area contributed by atoms with E-state index in [1.54, 1.807) is 12.2 Å². The number of carbonyl (C=O) groups excluding carboxylic acids is 2. The number of nitrogens with zero attached hydrogens (tertiary/aromatic N) is 2. The summed E-state index contributed by atoms with van der Waals surface area (Å²) in [6.07, 6.45) is 43.9. The number of aliphatic hydroxyl groups is 1. The summed E-state index contributed by atoms with van der Waals surface area (Å²) in [7, 11) is 4.53. The fraction of sp³-hybridized carbons (Fsp3) is 0.887. The Hall–Kier alpha value is -3.45. The average Bonchev–Trinajstić information content (AvgIpc) is 3.23. The molecule has 0 aliphatic carbocycles. The van der Waals surface area contributed by atoms with E-state index in [9.17, 15) is 14.7 Å². The van der Waals surface area contributed by atoms with E-state index in [1.165, 1.54) is 148 Å². The third-order valence-electron chi connectivity index (χ3n) is 12.3. The van der Waals surface area contributed by atoms with Crippen LogP contribution in [0.1, 0.15) is 225 Å². The molecule has 1 atom stereocenters. The fourth-order valence-corrected chi connectivity index (χ4v) is 8.42. The van der Waals surface area contributed by atoms with Gasteiger partial charge < -0.3 is 51.1 Å². The minimum atomic E-state index is -0.399. The Bertz CT molecular complexity index is 996. The molecule has 0 saturated carbocycles. The molecule has 11 heteroatoms. The third kappa shape index (κ3) is 51.2. The zero-order valence-electron chi connectivity index (χ0n) is 42.7. The van der Waals surface area contributed by atoms with Gasteiger partial charge in [-0.05, 0) is 51.6 Å². The molecule has 0 aromatic carbocycles. The van der Waals surface area contributed by atoms with Crippen LogP contribution in [0.4, 0.5) is 0 Å². The predicted octanol–water partition coefficient (Wildman–Crippen LogP) is 8.81. The molecule has 8 nitrogen and oxygen atoms in total. The molecule has 0 aromatic rings. The Kier molecular flexibility index (Phi) is 54.7. The van der Waals surface area contributed by atoms with Gasteiger partial charge in [0.15, 0.2) is 0 Å². The van der Waals surface area contributed by atoms with E-state index in [-0.39, 0.29) is 24.2 Å². The molecule has 372 valence electrons. The zero-order chi connectivity index (χ0) is 44.8. The van der Waals surface area contributed by atoms with E-state index in [2.05, 4.69) is 41.9 Å². The number of carbonyl (C=O) groups is 2. The minimum absolute atomic E-state index is 0. The van der Waals surface area contributed by atoms with Crippen LogP contribution in [0.25, 0.3) is 0 Å². The summed E-state index contributed by atoms with van der Waals surface area (Å²) in [5.74, 6) is 0.313. The molecule has 1 unspecified atom stereocenters. The summed E-state index contributed by atoms with van der Waals surface area (Å²) >= 11 is 0. The first-order chi connectivity index (χ1) is 29.7. The quantitative estimate of drug-likeness (QED) is 0.0278. The molecular formula is C53H104ClN5O3Rf2-2. The van der Waals surface area contributed by atoms with Gasteiger partial charge in [0, 0.05) is 45.6 Å². The van der Waals surface area contributed by atoms with Crippen LogP contribution < -0.4 is 28.4 Å². The van der Waals surface area contributed by atoms with Crippen molar-refractivity contribution in [1.82, 2.24) is 20.9 Å². The van der Waals surface area contributed by atoms with Gasteiger partial charge in [0.1, 0.15) is 12.6 Å². The van der Waals surface area contributed by atoms with Crippen LogP contribution in [0.3, 0.4) is 0 Å². The SMILES string of the molecule is [CH-]=CCCCCCCCCC(=O)NCCCNCCN(CCCNC(=O)CCCCCCCCC=[CH-])CC(O)C[N+](C)(C)CCCCCCCCCCCCCCCCCC.[Cl-].[Rf].[Rf]. The summed E-state index contributed by atoms with van der Waals surface area (Å²) in [4.78, 5) is 27.1. The Morgan fingerprint density at radius 1 is 0.531 bits per heavy atom. The number of halogens is 1. The second kappa shape index (κ2) is 52.2. The number of hydrogen-bond donors (Lipinski definition) is 4. The van der Waals surface area contributed by atoms with Gasteiger partial charge in [0.2, 0.25) is 11.8 Å². The summed E-state index contributed by atoms with van der Waals surface area (Å²) in [6, 6.07) is 0. The van der Waals surface area contributed by atoms with Crippen molar-refractivity contribution in [2.45, 2.75) is 231 Å². The summed E-state index contributed by atoms with van der Waals surface area (Å²) in [5.41, 5.74) is 0. The fourth-order valence-electron chi connectivity index (χ4n) is 8.42. The van der Waals surface area contributed by atoms with Crippen molar-refractivity contribution in [3.8, 4) is 0 Å². The average molecular weight is 1430 g/mol. The monoisotopic (exact) mass is 1430 g/mol. The van der Waals surface area contributed by atoms with Crippen LogP contribution in [0, 0.1) is 13.2 Å². The summed E-state index contributed by atoms with van der Waals surface area (Å²) < 4.78 is 0.841. The second-order valence-electron chi connectivity index (χ2n) is 19.0. The Morgan fingerprint density at radius 2 is 0.922 bits per heavy atom. The molecule has 0 radical (unpaired) electrons. The van der Waals surface area contributed by atoms with Gasteiger partial charge in [-0.15, -0.1) is 0 Å². The number of rotatable bonds is 50. The molecule has 2 amide bonds. The van der Waals surface area contributed by atoms with Gasteiger partial charge in [-0.25, -0.2) is 0 Å². The molecule has 0 heterocycles. The molecule has 0 fully saturated rings. The molecule has 4 N–H and O–H groups in total. The van der Waals surface area contributed by atoms with E-state index in [0.717, 1.165) is 102 Å². The largest absolute Gasteiger partial charge is 1.00 e. The summed E-state index contributed by atoms with van der Waals surface area (Å²) in [6.45, 7) is 20.4. The van der Waals surface area contributed by atoms with Crippen LogP contribution in [0.2, 0.25) is 0 Å². The van der Waals surface area contributed by atoms with Crippen molar-refractivity contribution >= 4 is 11.8 Å². The number of hydrogen-bond acceptors (Lipinski definition) is 5.